The van der Waals surface area contributed by atoms with Gasteiger partial charge in [0.1, 0.15) is 5.58 Å². The smallest absolute Gasteiger partial charge is 0.289 e. The van der Waals surface area contributed by atoms with Crippen LogP contribution in [0.15, 0.2) is 22.6 Å². The second-order valence-electron chi connectivity index (χ2n) is 6.96. The van der Waals surface area contributed by atoms with Crippen molar-refractivity contribution < 1.29 is 9.21 Å². The highest BCUT2D eigenvalue weighted by Gasteiger charge is 2.43. The summed E-state index contributed by atoms with van der Waals surface area (Å²) in [6, 6.07) is 6.22. The van der Waals surface area contributed by atoms with Crippen LogP contribution in [0.1, 0.15) is 34.5 Å². The first-order valence-electron chi connectivity index (χ1n) is 8.08. The molecule has 23 heavy (non-hydrogen) atoms. The Morgan fingerprint density at radius 1 is 1.17 bits per heavy atom. The van der Waals surface area contributed by atoms with Crippen LogP contribution >= 0.6 is 12.4 Å². The van der Waals surface area contributed by atoms with E-state index in [0.29, 0.717) is 17.6 Å². The van der Waals surface area contributed by atoms with Crippen LogP contribution in [0.3, 0.4) is 0 Å². The van der Waals surface area contributed by atoms with Crippen molar-refractivity contribution in [2.45, 2.75) is 32.7 Å². The van der Waals surface area contributed by atoms with Crippen molar-refractivity contribution in [2.24, 2.45) is 17.6 Å². The third kappa shape index (κ3) is 2.64. The highest BCUT2D eigenvalue weighted by atomic mass is 35.5. The third-order valence-electron chi connectivity index (χ3n) is 5.54. The number of carbonyl (C=O) groups excluding carboxylic acids is 1. The minimum Gasteiger partial charge on any atom is -0.451 e. The standard InChI is InChI=1S/C18H22N2O2.ClH/c1-10-5-13-7-17(22-16(13)6-11(10)2)18(21)20-8-12-3-4-15(19)14(12)9-20;/h5-7,12,14-15H,3-4,8-9,19H2,1-2H3;1H. The minimum atomic E-state index is 0. The summed E-state index contributed by atoms with van der Waals surface area (Å²) in [6.07, 6.45) is 2.24. The van der Waals surface area contributed by atoms with Crippen molar-refractivity contribution in [1.82, 2.24) is 4.90 Å². The lowest BCUT2D eigenvalue weighted by Gasteiger charge is -2.17. The maximum atomic E-state index is 12.7. The second kappa shape index (κ2) is 5.84. The first-order valence-corrected chi connectivity index (χ1v) is 8.08. The molecule has 124 valence electrons. The zero-order valence-electron chi connectivity index (χ0n) is 13.5. The summed E-state index contributed by atoms with van der Waals surface area (Å²) in [5.74, 6) is 1.51. The molecule has 1 saturated carbocycles. The molecule has 3 atom stereocenters. The van der Waals surface area contributed by atoms with Gasteiger partial charge in [0.25, 0.3) is 5.91 Å². The number of benzene rings is 1. The molecule has 1 saturated heterocycles. The molecule has 1 aromatic carbocycles. The van der Waals surface area contributed by atoms with E-state index < -0.39 is 0 Å². The number of amides is 1. The SMILES string of the molecule is Cc1cc2cc(C(=O)N3CC4CCC(N)C4C3)oc2cc1C.Cl. The first kappa shape index (κ1) is 16.3. The minimum absolute atomic E-state index is 0. The average molecular weight is 335 g/mol. The molecule has 3 unspecified atom stereocenters. The van der Waals surface area contributed by atoms with Crippen LogP contribution in [-0.2, 0) is 0 Å². The summed E-state index contributed by atoms with van der Waals surface area (Å²) in [6.45, 7) is 5.74. The summed E-state index contributed by atoms with van der Waals surface area (Å²) in [5.41, 5.74) is 9.35. The Labute approximate surface area is 142 Å². The molecule has 2 heterocycles. The molecule has 4 rings (SSSR count). The van der Waals surface area contributed by atoms with Gasteiger partial charge in [0.2, 0.25) is 0 Å². The Hall–Kier alpha value is -1.52. The molecule has 0 bridgehead atoms. The van der Waals surface area contributed by atoms with Gasteiger partial charge in [-0.3, -0.25) is 4.79 Å². The molecule has 2 fully saturated rings. The Kier molecular flexibility index (Phi) is 4.15. The monoisotopic (exact) mass is 334 g/mol. The summed E-state index contributed by atoms with van der Waals surface area (Å²) in [7, 11) is 0. The zero-order valence-corrected chi connectivity index (χ0v) is 14.4. The van der Waals surface area contributed by atoms with E-state index in [1.165, 1.54) is 11.1 Å². The summed E-state index contributed by atoms with van der Waals surface area (Å²) in [4.78, 5) is 14.6. The maximum absolute atomic E-state index is 12.7. The van der Waals surface area contributed by atoms with E-state index in [0.717, 1.165) is 36.9 Å². The van der Waals surface area contributed by atoms with Gasteiger partial charge in [0.15, 0.2) is 5.76 Å². The number of likely N-dealkylation sites (tertiary alicyclic amines) is 1. The second-order valence-corrected chi connectivity index (χ2v) is 6.96. The molecule has 1 aliphatic carbocycles. The number of fused-ring (bicyclic) bond motifs is 2. The maximum Gasteiger partial charge on any atom is 0.289 e. The van der Waals surface area contributed by atoms with E-state index in [4.69, 9.17) is 10.2 Å². The van der Waals surface area contributed by atoms with Crippen LogP contribution in [0.5, 0.6) is 0 Å². The van der Waals surface area contributed by atoms with Gasteiger partial charge in [-0.05, 0) is 67.9 Å². The van der Waals surface area contributed by atoms with Crippen LogP contribution in [0.25, 0.3) is 11.0 Å². The van der Waals surface area contributed by atoms with E-state index in [9.17, 15) is 4.79 Å². The highest BCUT2D eigenvalue weighted by Crippen LogP contribution is 2.38. The normalized spacial score (nSPS) is 26.4. The van der Waals surface area contributed by atoms with Crippen molar-refractivity contribution in [3.63, 3.8) is 0 Å². The molecule has 2 aliphatic rings. The summed E-state index contributed by atoms with van der Waals surface area (Å²) >= 11 is 0. The van der Waals surface area contributed by atoms with E-state index in [2.05, 4.69) is 19.9 Å². The van der Waals surface area contributed by atoms with Gasteiger partial charge in [0.05, 0.1) is 0 Å². The van der Waals surface area contributed by atoms with Crippen LogP contribution in [0.4, 0.5) is 0 Å². The topological polar surface area (TPSA) is 59.5 Å². The molecule has 0 radical (unpaired) electrons. The van der Waals surface area contributed by atoms with E-state index in [1.807, 2.05) is 17.0 Å². The predicted octanol–water partition coefficient (Wildman–Crippen LogP) is 3.28. The van der Waals surface area contributed by atoms with Gasteiger partial charge >= 0.3 is 0 Å². The molecule has 2 aromatic rings. The van der Waals surface area contributed by atoms with Crippen molar-refractivity contribution >= 4 is 29.3 Å². The van der Waals surface area contributed by atoms with E-state index >= 15 is 0 Å². The van der Waals surface area contributed by atoms with E-state index in [-0.39, 0.29) is 24.4 Å². The molecular formula is C18H23ClN2O2. The summed E-state index contributed by atoms with van der Waals surface area (Å²) in [5, 5.41) is 1.00. The lowest BCUT2D eigenvalue weighted by Crippen LogP contribution is -2.33. The Balaban J connectivity index is 0.00000156. The molecule has 1 aromatic heterocycles. The molecule has 0 spiro atoms. The lowest BCUT2D eigenvalue weighted by molar-refractivity contribution is 0.0750. The number of furan rings is 1. The van der Waals surface area contributed by atoms with Crippen molar-refractivity contribution in [1.29, 1.82) is 0 Å². The van der Waals surface area contributed by atoms with Gasteiger partial charge in [-0.1, -0.05) is 0 Å². The van der Waals surface area contributed by atoms with Crippen molar-refractivity contribution in [3.05, 3.63) is 35.1 Å². The molecule has 5 heteroatoms. The fourth-order valence-electron chi connectivity index (χ4n) is 4.04. The van der Waals surface area contributed by atoms with Gasteiger partial charge in [-0.15, -0.1) is 12.4 Å². The average Bonchev–Trinajstić information content (AvgIpc) is 3.15. The van der Waals surface area contributed by atoms with Gasteiger partial charge in [-0.25, -0.2) is 0 Å². The summed E-state index contributed by atoms with van der Waals surface area (Å²) < 4.78 is 5.80. The van der Waals surface area contributed by atoms with Crippen LogP contribution in [-0.4, -0.2) is 29.9 Å². The van der Waals surface area contributed by atoms with Crippen molar-refractivity contribution in [2.75, 3.05) is 13.1 Å². The van der Waals surface area contributed by atoms with Crippen LogP contribution in [0, 0.1) is 25.7 Å². The van der Waals surface area contributed by atoms with Crippen molar-refractivity contribution in [3.8, 4) is 0 Å². The van der Waals surface area contributed by atoms with Gasteiger partial charge in [0, 0.05) is 24.5 Å². The number of rotatable bonds is 1. The van der Waals surface area contributed by atoms with Gasteiger partial charge in [-0.2, -0.15) is 0 Å². The quantitative estimate of drug-likeness (QED) is 0.870. The molecule has 2 N–H and O–H groups in total. The molecule has 4 nitrogen and oxygen atoms in total. The Morgan fingerprint density at radius 3 is 2.65 bits per heavy atom. The van der Waals surface area contributed by atoms with E-state index in [1.54, 1.807) is 0 Å². The molecule has 1 amide bonds. The number of nitrogens with zero attached hydrogens (tertiary/aromatic N) is 1. The number of carbonyl (C=O) groups is 1. The van der Waals surface area contributed by atoms with Gasteiger partial charge < -0.3 is 15.1 Å². The number of aryl methyl sites for hydroxylation is 2. The fourth-order valence-corrected chi connectivity index (χ4v) is 4.04. The molecular weight excluding hydrogens is 312 g/mol. The molecule has 1 aliphatic heterocycles. The number of hydrogen-bond donors (Lipinski definition) is 1. The highest BCUT2D eigenvalue weighted by molar-refractivity contribution is 5.96. The largest absolute Gasteiger partial charge is 0.451 e. The first-order chi connectivity index (χ1) is 10.5. The fraction of sp³-hybridized carbons (Fsp3) is 0.500. The number of hydrogen-bond acceptors (Lipinski definition) is 3. The van der Waals surface area contributed by atoms with Crippen LogP contribution < -0.4 is 5.73 Å². The Morgan fingerprint density at radius 2 is 1.91 bits per heavy atom. The third-order valence-corrected chi connectivity index (χ3v) is 5.54. The number of nitrogens with two attached hydrogens (primary N) is 1. The number of halogens is 1. The predicted molar refractivity (Wildman–Crippen MR) is 93.0 cm³/mol. The zero-order chi connectivity index (χ0) is 15.4. The lowest BCUT2D eigenvalue weighted by atomic mass is 9.98. The Bertz CT molecular complexity index is 716. The van der Waals surface area contributed by atoms with Crippen LogP contribution in [0.2, 0.25) is 0 Å².